The fraction of sp³-hybridized carbons (Fsp3) is 0.222. The molecular formula is C18H16N4O5S. The van der Waals surface area contributed by atoms with Crippen molar-refractivity contribution in [1.82, 2.24) is 20.0 Å². The van der Waals surface area contributed by atoms with Gasteiger partial charge in [-0.3, -0.25) is 24.0 Å². The monoisotopic (exact) mass is 400 g/mol. The molecule has 2 aromatic rings. The Kier molecular flexibility index (Phi) is 4.78. The van der Waals surface area contributed by atoms with Crippen LogP contribution in [-0.4, -0.2) is 51.6 Å². The summed E-state index contributed by atoms with van der Waals surface area (Å²) in [6, 6.07) is 6.88. The topological polar surface area (TPSA) is 103 Å². The molecule has 1 saturated heterocycles. The van der Waals surface area contributed by atoms with Crippen LogP contribution in [-0.2, 0) is 11.8 Å². The molecule has 0 aliphatic carbocycles. The quantitative estimate of drug-likeness (QED) is 0.761. The molecule has 0 unspecified atom stereocenters. The molecule has 1 aromatic heterocycles. The van der Waals surface area contributed by atoms with Crippen LogP contribution in [0, 0.1) is 0 Å². The summed E-state index contributed by atoms with van der Waals surface area (Å²) in [4.78, 5) is 38.2. The number of aryl methyl sites for hydroxylation is 1. The zero-order valence-corrected chi connectivity index (χ0v) is 15.7. The first-order chi connectivity index (χ1) is 13.5. The number of imide groups is 1. The predicted molar refractivity (Wildman–Crippen MR) is 101 cm³/mol. The Balaban J connectivity index is 1.38. The highest BCUT2D eigenvalue weighted by Gasteiger charge is 2.34. The molecule has 0 spiro atoms. The van der Waals surface area contributed by atoms with E-state index in [1.807, 2.05) is 0 Å². The van der Waals surface area contributed by atoms with Gasteiger partial charge >= 0.3 is 0 Å². The number of carbonyl (C=O) groups excluding carboxylic acids is 3. The second-order valence-corrected chi connectivity index (χ2v) is 7.04. The Hall–Kier alpha value is -3.27. The van der Waals surface area contributed by atoms with E-state index in [2.05, 4.69) is 10.4 Å². The first-order valence-electron chi connectivity index (χ1n) is 8.44. The second kappa shape index (κ2) is 7.39. The van der Waals surface area contributed by atoms with Crippen molar-refractivity contribution < 1.29 is 23.9 Å². The first-order valence-corrected chi connectivity index (χ1v) is 9.26. The Labute approximate surface area is 164 Å². The summed E-state index contributed by atoms with van der Waals surface area (Å²) in [7, 11) is 1.66. The second-order valence-electron chi connectivity index (χ2n) is 6.04. The van der Waals surface area contributed by atoms with Gasteiger partial charge in [0.05, 0.1) is 4.91 Å². The van der Waals surface area contributed by atoms with Gasteiger partial charge < -0.3 is 14.8 Å². The average molecular weight is 400 g/mol. The molecule has 1 fully saturated rings. The molecule has 1 aromatic carbocycles. The number of thioether (sulfide) groups is 1. The van der Waals surface area contributed by atoms with Crippen LogP contribution in [0.5, 0.6) is 11.5 Å². The van der Waals surface area contributed by atoms with Gasteiger partial charge in [-0.05, 0) is 41.6 Å². The van der Waals surface area contributed by atoms with E-state index in [0.717, 1.165) is 22.2 Å². The van der Waals surface area contributed by atoms with Crippen molar-refractivity contribution in [2.24, 2.45) is 7.05 Å². The van der Waals surface area contributed by atoms with Gasteiger partial charge in [0.1, 0.15) is 5.69 Å². The highest BCUT2D eigenvalue weighted by molar-refractivity contribution is 8.18. The van der Waals surface area contributed by atoms with Crippen molar-refractivity contribution >= 4 is 34.9 Å². The largest absolute Gasteiger partial charge is 0.454 e. The number of rotatable bonds is 5. The number of hydrogen-bond donors (Lipinski definition) is 1. The molecule has 0 atom stereocenters. The third kappa shape index (κ3) is 3.46. The fourth-order valence-corrected chi connectivity index (χ4v) is 3.68. The van der Waals surface area contributed by atoms with Crippen molar-refractivity contribution in [1.29, 1.82) is 0 Å². The summed E-state index contributed by atoms with van der Waals surface area (Å²) >= 11 is 0.869. The lowest BCUT2D eigenvalue weighted by atomic mass is 10.2. The number of hydrogen-bond acceptors (Lipinski definition) is 7. The van der Waals surface area contributed by atoms with Crippen LogP contribution in [0.15, 0.2) is 35.4 Å². The number of aromatic nitrogens is 2. The van der Waals surface area contributed by atoms with Gasteiger partial charge in [0, 0.05) is 26.3 Å². The van der Waals surface area contributed by atoms with Crippen molar-refractivity contribution in [3.8, 4) is 11.5 Å². The van der Waals surface area contributed by atoms with E-state index in [0.29, 0.717) is 22.1 Å². The van der Waals surface area contributed by atoms with E-state index in [1.165, 1.54) is 10.9 Å². The van der Waals surface area contributed by atoms with Crippen molar-refractivity contribution in [3.05, 3.63) is 46.6 Å². The van der Waals surface area contributed by atoms with E-state index < -0.39 is 0 Å². The summed E-state index contributed by atoms with van der Waals surface area (Å²) in [5.41, 5.74) is 1.14. The van der Waals surface area contributed by atoms with E-state index in [-0.39, 0.29) is 36.9 Å². The lowest BCUT2D eigenvalue weighted by molar-refractivity contribution is -0.122. The number of ether oxygens (including phenoxy) is 2. The number of fused-ring (bicyclic) bond motifs is 1. The van der Waals surface area contributed by atoms with Crippen LogP contribution in [0.4, 0.5) is 4.79 Å². The van der Waals surface area contributed by atoms with Crippen LogP contribution in [0.2, 0.25) is 0 Å². The van der Waals surface area contributed by atoms with Crippen molar-refractivity contribution in [2.45, 2.75) is 0 Å². The summed E-state index contributed by atoms with van der Waals surface area (Å²) in [5.74, 6) is 0.547. The van der Waals surface area contributed by atoms with E-state index in [1.54, 1.807) is 37.4 Å². The van der Waals surface area contributed by atoms with Gasteiger partial charge in [-0.2, -0.15) is 5.10 Å². The zero-order valence-electron chi connectivity index (χ0n) is 14.9. The molecule has 3 amide bonds. The lowest BCUT2D eigenvalue weighted by Crippen LogP contribution is -2.37. The number of carbonyl (C=O) groups is 3. The summed E-state index contributed by atoms with van der Waals surface area (Å²) < 4.78 is 12.0. The van der Waals surface area contributed by atoms with Gasteiger partial charge in [0.2, 0.25) is 6.79 Å². The molecule has 2 aliphatic heterocycles. The molecule has 4 rings (SSSR count). The van der Waals surface area contributed by atoms with Crippen LogP contribution < -0.4 is 14.8 Å². The van der Waals surface area contributed by atoms with E-state index >= 15 is 0 Å². The Bertz CT molecular complexity index is 1000. The highest BCUT2D eigenvalue weighted by Crippen LogP contribution is 2.36. The smallest absolute Gasteiger partial charge is 0.293 e. The maximum atomic E-state index is 12.5. The molecule has 0 radical (unpaired) electrons. The first kappa shape index (κ1) is 18.1. The normalized spacial score (nSPS) is 16.9. The predicted octanol–water partition coefficient (Wildman–Crippen LogP) is 1.62. The van der Waals surface area contributed by atoms with Crippen LogP contribution in [0.3, 0.4) is 0 Å². The molecule has 3 heterocycles. The van der Waals surface area contributed by atoms with Crippen LogP contribution >= 0.6 is 11.8 Å². The molecule has 0 saturated carbocycles. The summed E-state index contributed by atoms with van der Waals surface area (Å²) in [6.45, 7) is 0.409. The SMILES string of the molecule is Cn1nccc1C(=O)NCCN1C(=O)S/C(=C\c2ccc3c(c2)OCO3)C1=O. The van der Waals surface area contributed by atoms with Crippen LogP contribution in [0.25, 0.3) is 6.08 Å². The minimum absolute atomic E-state index is 0.0900. The molecule has 9 nitrogen and oxygen atoms in total. The van der Waals surface area contributed by atoms with Crippen molar-refractivity contribution in [2.75, 3.05) is 19.9 Å². The standard InChI is InChI=1S/C18H16N4O5S/c1-21-12(4-5-20-21)16(23)19-6-7-22-17(24)15(28-18(22)25)9-11-2-3-13-14(8-11)27-10-26-13/h2-5,8-9H,6-7,10H2,1H3,(H,19,23)/b15-9-. The highest BCUT2D eigenvalue weighted by atomic mass is 32.2. The number of nitrogens with one attached hydrogen (secondary N) is 1. The van der Waals surface area contributed by atoms with Gasteiger partial charge in [-0.1, -0.05) is 6.07 Å². The molecular weight excluding hydrogens is 384 g/mol. The number of amides is 3. The Morgan fingerprint density at radius 1 is 1.29 bits per heavy atom. The fourth-order valence-electron chi connectivity index (χ4n) is 2.82. The van der Waals surface area contributed by atoms with Crippen LogP contribution in [0.1, 0.15) is 16.1 Å². The third-order valence-corrected chi connectivity index (χ3v) is 5.15. The third-order valence-electron chi connectivity index (χ3n) is 4.24. The van der Waals surface area contributed by atoms with Gasteiger partial charge in [0.15, 0.2) is 11.5 Å². The Morgan fingerprint density at radius 3 is 2.89 bits per heavy atom. The molecule has 1 N–H and O–H groups in total. The maximum Gasteiger partial charge on any atom is 0.293 e. The average Bonchev–Trinajstić information content (AvgIpc) is 3.37. The Morgan fingerprint density at radius 2 is 2.11 bits per heavy atom. The van der Waals surface area contributed by atoms with E-state index in [4.69, 9.17) is 9.47 Å². The van der Waals surface area contributed by atoms with Gasteiger partial charge in [-0.25, -0.2) is 0 Å². The lowest BCUT2D eigenvalue weighted by Gasteiger charge is -2.13. The van der Waals surface area contributed by atoms with Gasteiger partial charge in [-0.15, -0.1) is 0 Å². The van der Waals surface area contributed by atoms with Gasteiger partial charge in [0.25, 0.3) is 17.1 Å². The molecule has 144 valence electrons. The van der Waals surface area contributed by atoms with Crippen molar-refractivity contribution in [3.63, 3.8) is 0 Å². The molecule has 2 aliphatic rings. The number of benzene rings is 1. The molecule has 28 heavy (non-hydrogen) atoms. The minimum Gasteiger partial charge on any atom is -0.454 e. The molecule has 10 heteroatoms. The molecule has 0 bridgehead atoms. The van der Waals surface area contributed by atoms with E-state index in [9.17, 15) is 14.4 Å². The summed E-state index contributed by atoms with van der Waals surface area (Å²) in [5, 5.41) is 6.24. The number of nitrogens with zero attached hydrogens (tertiary/aromatic N) is 3. The maximum absolute atomic E-state index is 12.5. The summed E-state index contributed by atoms with van der Waals surface area (Å²) in [6.07, 6.45) is 3.16. The minimum atomic E-state index is -0.387. The zero-order chi connectivity index (χ0) is 19.7.